The number of alkyl halides is 6. The zero-order valence-electron chi connectivity index (χ0n) is 19.0. The molecule has 0 saturated heterocycles. The van der Waals surface area contributed by atoms with Crippen molar-refractivity contribution in [3.05, 3.63) is 87.4 Å². The molecule has 3 aromatic carbocycles. The van der Waals surface area contributed by atoms with E-state index in [1.54, 1.807) is 0 Å². The SMILES string of the molecule is COc1ccc(C=O)cc1-c1ccc(Cl)cc1CN(Cc1cc(C(F)(F)F)cc(C(F)(F)F)c1)C(=O)O. The lowest BCUT2D eigenvalue weighted by molar-refractivity contribution is -0.143. The van der Waals surface area contributed by atoms with E-state index in [9.17, 15) is 41.0 Å². The van der Waals surface area contributed by atoms with E-state index in [0.717, 1.165) is 0 Å². The summed E-state index contributed by atoms with van der Waals surface area (Å²) in [7, 11) is 1.38. The van der Waals surface area contributed by atoms with Crippen LogP contribution in [0, 0.1) is 0 Å². The molecule has 0 aromatic heterocycles. The Morgan fingerprint density at radius 2 is 1.54 bits per heavy atom. The van der Waals surface area contributed by atoms with Crippen molar-refractivity contribution in [3.63, 3.8) is 0 Å². The van der Waals surface area contributed by atoms with Gasteiger partial charge in [-0.05, 0) is 65.2 Å². The first-order valence-electron chi connectivity index (χ1n) is 10.4. The largest absolute Gasteiger partial charge is 0.496 e. The number of aldehydes is 1. The second-order valence-electron chi connectivity index (χ2n) is 7.93. The number of carbonyl (C=O) groups excluding carboxylic acids is 1. The zero-order chi connectivity index (χ0) is 27.5. The van der Waals surface area contributed by atoms with Gasteiger partial charge in [-0.3, -0.25) is 9.69 Å². The summed E-state index contributed by atoms with van der Waals surface area (Å²) in [4.78, 5) is 23.9. The molecule has 0 unspecified atom stereocenters. The predicted octanol–water partition coefficient (Wildman–Crippen LogP) is 7.55. The Morgan fingerprint density at radius 3 is 2.05 bits per heavy atom. The summed E-state index contributed by atoms with van der Waals surface area (Å²) >= 11 is 6.10. The molecule has 1 amide bonds. The first-order valence-corrected chi connectivity index (χ1v) is 10.8. The number of hydrogen-bond acceptors (Lipinski definition) is 3. The predicted molar refractivity (Wildman–Crippen MR) is 123 cm³/mol. The van der Waals surface area contributed by atoms with Gasteiger partial charge in [-0.1, -0.05) is 17.7 Å². The first kappa shape index (κ1) is 27.9. The van der Waals surface area contributed by atoms with Crippen LogP contribution in [0.3, 0.4) is 0 Å². The molecule has 3 aromatic rings. The highest BCUT2D eigenvalue weighted by molar-refractivity contribution is 6.30. The van der Waals surface area contributed by atoms with Gasteiger partial charge in [0.15, 0.2) is 0 Å². The Hall–Kier alpha value is -3.73. The van der Waals surface area contributed by atoms with E-state index in [-0.39, 0.29) is 22.2 Å². The van der Waals surface area contributed by atoms with Crippen molar-refractivity contribution in [2.45, 2.75) is 25.4 Å². The lowest BCUT2D eigenvalue weighted by Gasteiger charge is -2.23. The molecule has 0 aliphatic rings. The third kappa shape index (κ3) is 6.73. The van der Waals surface area contributed by atoms with Crippen LogP contribution in [0.5, 0.6) is 5.75 Å². The number of hydrogen-bond donors (Lipinski definition) is 1. The molecular weight excluding hydrogens is 528 g/mol. The molecule has 0 aliphatic heterocycles. The fourth-order valence-corrected chi connectivity index (χ4v) is 3.89. The first-order chi connectivity index (χ1) is 17.2. The van der Waals surface area contributed by atoms with Gasteiger partial charge < -0.3 is 9.84 Å². The lowest BCUT2D eigenvalue weighted by Crippen LogP contribution is -2.29. The Morgan fingerprint density at radius 1 is 0.919 bits per heavy atom. The van der Waals surface area contributed by atoms with Crippen molar-refractivity contribution in [3.8, 4) is 16.9 Å². The van der Waals surface area contributed by atoms with E-state index in [2.05, 4.69) is 0 Å². The van der Waals surface area contributed by atoms with E-state index < -0.39 is 48.2 Å². The fourth-order valence-electron chi connectivity index (χ4n) is 3.69. The molecule has 0 aliphatic carbocycles. The number of ether oxygens (including phenoxy) is 1. The van der Waals surface area contributed by atoms with E-state index in [0.29, 0.717) is 40.2 Å². The zero-order valence-corrected chi connectivity index (χ0v) is 19.7. The molecule has 0 fully saturated rings. The summed E-state index contributed by atoms with van der Waals surface area (Å²) in [5.74, 6) is 0.337. The monoisotopic (exact) mass is 545 g/mol. The normalized spacial score (nSPS) is 11.8. The highest BCUT2D eigenvalue weighted by Crippen LogP contribution is 2.38. The minimum atomic E-state index is -5.08. The van der Waals surface area contributed by atoms with E-state index in [4.69, 9.17) is 16.3 Å². The van der Waals surface area contributed by atoms with Gasteiger partial charge in [-0.25, -0.2) is 4.79 Å². The number of nitrogens with zero attached hydrogens (tertiary/aromatic N) is 1. The van der Waals surface area contributed by atoms with Crippen LogP contribution in [0.1, 0.15) is 32.6 Å². The van der Waals surface area contributed by atoms with E-state index in [1.807, 2.05) is 0 Å². The molecule has 1 N–H and O–H groups in total. The Kier molecular flexibility index (Phi) is 8.06. The van der Waals surface area contributed by atoms with Crippen LogP contribution in [-0.4, -0.2) is 29.5 Å². The average Bonchev–Trinajstić information content (AvgIpc) is 2.82. The van der Waals surface area contributed by atoms with Gasteiger partial charge in [0, 0.05) is 22.7 Å². The topological polar surface area (TPSA) is 66.8 Å². The number of benzene rings is 3. The molecule has 5 nitrogen and oxygen atoms in total. The molecule has 12 heteroatoms. The second kappa shape index (κ2) is 10.7. The molecule has 0 saturated carbocycles. The van der Waals surface area contributed by atoms with Crippen LogP contribution < -0.4 is 4.74 Å². The Balaban J connectivity index is 2.07. The summed E-state index contributed by atoms with van der Waals surface area (Å²) in [6.45, 7) is -1.23. The Bertz CT molecular complexity index is 1290. The van der Waals surface area contributed by atoms with E-state index >= 15 is 0 Å². The Labute approximate surface area is 211 Å². The summed E-state index contributed by atoms with van der Waals surface area (Å²) < 4.78 is 84.8. The summed E-state index contributed by atoms with van der Waals surface area (Å²) in [5, 5.41) is 9.95. The van der Waals surface area contributed by atoms with Crippen LogP contribution in [0.4, 0.5) is 31.1 Å². The average molecular weight is 546 g/mol. The van der Waals surface area contributed by atoms with Crippen molar-refractivity contribution < 1.29 is 45.8 Å². The molecule has 37 heavy (non-hydrogen) atoms. The summed E-state index contributed by atoms with van der Waals surface area (Å²) in [5.41, 5.74) is -2.25. The van der Waals surface area contributed by atoms with Gasteiger partial charge in [0.25, 0.3) is 0 Å². The standard InChI is InChI=1S/C25H18ClF6NO4/c1-37-22-5-2-14(13-34)8-21(22)20-4-3-19(26)9-16(20)12-33(23(35)36)11-15-6-17(24(27,28)29)10-18(7-15)25(30,31)32/h2-10,13H,11-12H2,1H3,(H,35,36). The van der Waals surface area contributed by atoms with E-state index in [1.165, 1.54) is 43.5 Å². The van der Waals surface area contributed by atoms with Crippen molar-refractivity contribution in [2.24, 2.45) is 0 Å². The smallest absolute Gasteiger partial charge is 0.416 e. The molecule has 0 bridgehead atoms. The highest BCUT2D eigenvalue weighted by atomic mass is 35.5. The summed E-state index contributed by atoms with van der Waals surface area (Å²) in [6.07, 6.45) is -11.2. The van der Waals surface area contributed by atoms with Crippen LogP contribution in [0.25, 0.3) is 11.1 Å². The molecule has 0 radical (unpaired) electrons. The van der Waals surface area contributed by atoms with Crippen molar-refractivity contribution in [1.82, 2.24) is 4.90 Å². The quantitative estimate of drug-likeness (QED) is 0.246. The number of carboxylic acid groups (broad SMARTS) is 1. The number of halogens is 7. The number of carbonyl (C=O) groups is 2. The minimum absolute atomic E-state index is 0.0318. The van der Waals surface area contributed by atoms with Gasteiger partial charge in [-0.15, -0.1) is 0 Å². The molecule has 0 heterocycles. The van der Waals surface area contributed by atoms with Crippen molar-refractivity contribution in [1.29, 1.82) is 0 Å². The van der Waals surface area contributed by atoms with Gasteiger partial charge in [0.2, 0.25) is 0 Å². The molecule has 196 valence electrons. The third-order valence-corrected chi connectivity index (χ3v) is 5.60. The van der Waals surface area contributed by atoms with Crippen LogP contribution in [0.15, 0.2) is 54.6 Å². The maximum Gasteiger partial charge on any atom is 0.416 e. The molecule has 0 atom stereocenters. The second-order valence-corrected chi connectivity index (χ2v) is 8.37. The van der Waals surface area contributed by atoms with Gasteiger partial charge in [0.05, 0.1) is 24.8 Å². The lowest BCUT2D eigenvalue weighted by atomic mass is 9.96. The van der Waals surface area contributed by atoms with Gasteiger partial charge in [-0.2, -0.15) is 26.3 Å². The van der Waals surface area contributed by atoms with Crippen LogP contribution >= 0.6 is 11.6 Å². The number of rotatable bonds is 7. The highest BCUT2D eigenvalue weighted by Gasteiger charge is 2.37. The van der Waals surface area contributed by atoms with Crippen molar-refractivity contribution >= 4 is 24.0 Å². The van der Waals surface area contributed by atoms with Crippen LogP contribution in [0.2, 0.25) is 5.02 Å². The van der Waals surface area contributed by atoms with Gasteiger partial charge >= 0.3 is 18.4 Å². The number of amides is 1. The molecule has 0 spiro atoms. The van der Waals surface area contributed by atoms with Crippen molar-refractivity contribution in [2.75, 3.05) is 7.11 Å². The summed E-state index contributed by atoms with van der Waals surface area (Å²) in [6, 6.07) is 9.88. The third-order valence-electron chi connectivity index (χ3n) is 5.37. The maximum absolute atomic E-state index is 13.2. The maximum atomic E-state index is 13.2. The molecule has 3 rings (SSSR count). The number of methoxy groups -OCH3 is 1. The van der Waals surface area contributed by atoms with Gasteiger partial charge in [0.1, 0.15) is 12.0 Å². The van der Waals surface area contributed by atoms with Crippen LogP contribution in [-0.2, 0) is 25.4 Å². The minimum Gasteiger partial charge on any atom is -0.496 e. The molecular formula is C25H18ClF6NO4. The fraction of sp³-hybridized carbons (Fsp3) is 0.200.